The number of rotatable bonds is 7. The second-order valence-electron chi connectivity index (χ2n) is 11.7. The van der Waals surface area contributed by atoms with Crippen LogP contribution in [0.5, 0.6) is 0 Å². The van der Waals surface area contributed by atoms with Crippen molar-refractivity contribution < 1.29 is 5.21 Å². The highest BCUT2D eigenvalue weighted by molar-refractivity contribution is 5.90. The lowest BCUT2D eigenvalue weighted by Crippen LogP contribution is -2.52. The Kier molecular flexibility index (Phi) is 6.87. The predicted octanol–water partition coefficient (Wildman–Crippen LogP) is 7.94. The minimum atomic E-state index is 0.134. The normalized spacial score (nSPS) is 43.2. The van der Waals surface area contributed by atoms with Gasteiger partial charge >= 0.3 is 0 Å². The van der Waals surface area contributed by atoms with Crippen LogP contribution in [0.25, 0.3) is 0 Å². The zero-order valence-electron chi connectivity index (χ0n) is 19.6. The lowest BCUT2D eigenvalue weighted by atomic mass is 9.47. The molecular formula is C26H47NO. The average molecular weight is 390 g/mol. The number of oxime groups is 1. The average Bonchev–Trinajstić information content (AvgIpc) is 2.99. The molecule has 2 nitrogen and oxygen atoms in total. The molecule has 0 spiro atoms. The molecular weight excluding hydrogens is 342 g/mol. The zero-order valence-corrected chi connectivity index (χ0v) is 19.6. The molecule has 7 atom stereocenters. The topological polar surface area (TPSA) is 32.6 Å². The molecule has 0 aromatic rings. The Hall–Kier alpha value is -0.530. The third kappa shape index (κ3) is 3.79. The highest BCUT2D eigenvalue weighted by Crippen LogP contribution is 2.66. The second kappa shape index (κ2) is 8.68. The van der Waals surface area contributed by atoms with Gasteiger partial charge in [0.1, 0.15) is 0 Å². The summed E-state index contributed by atoms with van der Waals surface area (Å²) in [6.07, 6.45) is 14.5. The van der Waals surface area contributed by atoms with E-state index in [9.17, 15) is 5.21 Å². The molecule has 3 fully saturated rings. The molecule has 2 heteroatoms. The first-order valence-electron chi connectivity index (χ1n) is 12.5. The van der Waals surface area contributed by atoms with E-state index in [1.165, 1.54) is 64.2 Å². The Morgan fingerprint density at radius 2 is 1.79 bits per heavy atom. The van der Waals surface area contributed by atoms with Crippen molar-refractivity contribution in [3.63, 3.8) is 0 Å². The van der Waals surface area contributed by atoms with Gasteiger partial charge in [-0.3, -0.25) is 0 Å². The smallest absolute Gasteiger partial charge is 0.0632 e. The van der Waals surface area contributed by atoms with Gasteiger partial charge in [-0.25, -0.2) is 0 Å². The van der Waals surface area contributed by atoms with E-state index in [2.05, 4.69) is 46.7 Å². The molecule has 3 saturated carbocycles. The summed E-state index contributed by atoms with van der Waals surface area (Å²) in [5.74, 6) is 5.14. The van der Waals surface area contributed by atoms with E-state index in [4.69, 9.17) is 0 Å². The van der Waals surface area contributed by atoms with Crippen molar-refractivity contribution in [3.8, 4) is 0 Å². The molecule has 3 aliphatic rings. The maximum atomic E-state index is 9.71. The third-order valence-electron chi connectivity index (χ3n) is 9.72. The molecule has 0 radical (unpaired) electrons. The molecule has 0 bridgehead atoms. The maximum Gasteiger partial charge on any atom is 0.0632 e. The Balaban J connectivity index is 1.75. The molecule has 0 saturated heterocycles. The SMILES string of the molecule is CCC[C@@]1(C)/C(=N\O)CC[C@H]2[C@@H]3CC[C@H]([C@H](C)CCCC(C)C)[C@@]3(C)CC[C@@H]21. The molecule has 0 aromatic carbocycles. The lowest BCUT2D eigenvalue weighted by molar-refractivity contribution is -0.0449. The van der Waals surface area contributed by atoms with Crippen LogP contribution in [0.3, 0.4) is 0 Å². The van der Waals surface area contributed by atoms with E-state index >= 15 is 0 Å². The van der Waals surface area contributed by atoms with E-state index in [0.717, 1.165) is 47.6 Å². The summed E-state index contributed by atoms with van der Waals surface area (Å²) >= 11 is 0. The largest absolute Gasteiger partial charge is 0.411 e. The lowest BCUT2D eigenvalue weighted by Gasteiger charge is -2.57. The first-order valence-corrected chi connectivity index (χ1v) is 12.5. The van der Waals surface area contributed by atoms with Crippen molar-refractivity contribution >= 4 is 5.71 Å². The molecule has 0 unspecified atom stereocenters. The molecule has 1 N–H and O–H groups in total. The van der Waals surface area contributed by atoms with Crippen molar-refractivity contribution in [2.45, 2.75) is 112 Å². The van der Waals surface area contributed by atoms with Gasteiger partial charge in [0.25, 0.3) is 0 Å². The van der Waals surface area contributed by atoms with Crippen LogP contribution >= 0.6 is 0 Å². The highest BCUT2D eigenvalue weighted by atomic mass is 16.4. The summed E-state index contributed by atoms with van der Waals surface area (Å²) in [5.41, 5.74) is 1.80. The summed E-state index contributed by atoms with van der Waals surface area (Å²) in [5, 5.41) is 13.5. The Labute approximate surface area is 174 Å². The fourth-order valence-corrected chi connectivity index (χ4v) is 8.32. The highest BCUT2D eigenvalue weighted by Gasteiger charge is 2.59. The van der Waals surface area contributed by atoms with Gasteiger partial charge in [0.15, 0.2) is 0 Å². The summed E-state index contributed by atoms with van der Waals surface area (Å²) in [7, 11) is 0. The predicted molar refractivity (Wildman–Crippen MR) is 120 cm³/mol. The second-order valence-corrected chi connectivity index (χ2v) is 11.7. The summed E-state index contributed by atoms with van der Waals surface area (Å²) in [6.45, 7) is 14.7. The van der Waals surface area contributed by atoms with E-state index in [1.54, 1.807) is 0 Å². The minimum Gasteiger partial charge on any atom is -0.411 e. The molecule has 0 aromatic heterocycles. The van der Waals surface area contributed by atoms with E-state index in [1.807, 2.05) is 0 Å². The fourth-order valence-electron chi connectivity index (χ4n) is 8.32. The van der Waals surface area contributed by atoms with Gasteiger partial charge in [0.2, 0.25) is 0 Å². The van der Waals surface area contributed by atoms with Crippen LogP contribution in [0.1, 0.15) is 112 Å². The monoisotopic (exact) mass is 389 g/mol. The first kappa shape index (κ1) is 22.2. The molecule has 3 rings (SSSR count). The molecule has 0 aliphatic heterocycles. The van der Waals surface area contributed by atoms with Gasteiger partial charge < -0.3 is 5.21 Å². The van der Waals surface area contributed by atoms with Gasteiger partial charge in [-0.05, 0) is 85.9 Å². The van der Waals surface area contributed by atoms with Gasteiger partial charge in [-0.1, -0.05) is 72.4 Å². The summed E-state index contributed by atoms with van der Waals surface area (Å²) in [4.78, 5) is 0. The molecule has 3 aliphatic carbocycles. The Bertz CT molecular complexity index is 555. The van der Waals surface area contributed by atoms with Gasteiger partial charge in [-0.2, -0.15) is 0 Å². The van der Waals surface area contributed by atoms with Gasteiger partial charge in [-0.15, -0.1) is 0 Å². The van der Waals surface area contributed by atoms with Crippen molar-refractivity contribution in [2.75, 3.05) is 0 Å². The van der Waals surface area contributed by atoms with Crippen LogP contribution in [0.4, 0.5) is 0 Å². The molecule has 0 heterocycles. The quantitative estimate of drug-likeness (QED) is 0.348. The Morgan fingerprint density at radius 3 is 2.43 bits per heavy atom. The summed E-state index contributed by atoms with van der Waals surface area (Å²) < 4.78 is 0. The number of fused-ring (bicyclic) bond motifs is 3. The molecule has 162 valence electrons. The third-order valence-corrected chi connectivity index (χ3v) is 9.72. The number of nitrogens with zero attached hydrogens (tertiary/aromatic N) is 1. The van der Waals surface area contributed by atoms with Crippen molar-refractivity contribution in [1.29, 1.82) is 0 Å². The van der Waals surface area contributed by atoms with Crippen molar-refractivity contribution in [1.82, 2.24) is 0 Å². The van der Waals surface area contributed by atoms with Crippen LogP contribution in [0, 0.1) is 46.3 Å². The molecule has 28 heavy (non-hydrogen) atoms. The van der Waals surface area contributed by atoms with Crippen molar-refractivity contribution in [3.05, 3.63) is 0 Å². The van der Waals surface area contributed by atoms with Gasteiger partial charge in [0, 0.05) is 5.41 Å². The zero-order chi connectivity index (χ0) is 20.5. The number of hydrogen-bond acceptors (Lipinski definition) is 2. The van der Waals surface area contributed by atoms with Gasteiger partial charge in [0.05, 0.1) is 5.71 Å². The Morgan fingerprint density at radius 1 is 1.04 bits per heavy atom. The fraction of sp³-hybridized carbons (Fsp3) is 0.962. The van der Waals surface area contributed by atoms with Crippen molar-refractivity contribution in [2.24, 2.45) is 51.5 Å². The van der Waals surface area contributed by atoms with Crippen LogP contribution in [0.2, 0.25) is 0 Å². The van der Waals surface area contributed by atoms with Crippen LogP contribution in [-0.2, 0) is 0 Å². The summed E-state index contributed by atoms with van der Waals surface area (Å²) in [6, 6.07) is 0. The minimum absolute atomic E-state index is 0.134. The van der Waals surface area contributed by atoms with E-state index < -0.39 is 0 Å². The standard InChI is InChI=1S/C26H47NO/c1-7-16-26(6)23-15-17-25(5)21(19(4)10-8-9-18(2)3)12-13-22(25)20(23)11-14-24(26)27-28/h18-23,28H,7-17H2,1-6H3/b27-24-/t19-,20+,21-,22+,23+,25-,26-/m1/s1. The maximum absolute atomic E-state index is 9.71. The van der Waals surface area contributed by atoms with Crippen LogP contribution in [-0.4, -0.2) is 10.9 Å². The van der Waals surface area contributed by atoms with Crippen LogP contribution < -0.4 is 0 Å². The van der Waals surface area contributed by atoms with E-state index in [-0.39, 0.29) is 5.41 Å². The molecule has 0 amide bonds. The van der Waals surface area contributed by atoms with E-state index in [0.29, 0.717) is 5.41 Å². The van der Waals surface area contributed by atoms with Crippen LogP contribution in [0.15, 0.2) is 5.16 Å². The first-order chi connectivity index (χ1) is 13.3. The number of hydrogen-bond donors (Lipinski definition) is 1.